The van der Waals surface area contributed by atoms with Crippen molar-refractivity contribution in [3.8, 4) is 5.75 Å². The Kier molecular flexibility index (Phi) is 5.37. The molecule has 0 unspecified atom stereocenters. The van der Waals surface area contributed by atoms with Gasteiger partial charge in [-0.2, -0.15) is 0 Å². The monoisotopic (exact) mass is 274 g/mol. The van der Waals surface area contributed by atoms with Gasteiger partial charge in [-0.05, 0) is 24.3 Å². The molecule has 2 N–H and O–H groups in total. The average molecular weight is 274 g/mol. The fourth-order valence-electron chi connectivity index (χ4n) is 1.23. The first-order chi connectivity index (χ1) is 8.90. The van der Waals surface area contributed by atoms with Crippen LogP contribution in [0, 0.1) is 0 Å². The number of hydrogen-bond acceptors (Lipinski definition) is 3. The summed E-state index contributed by atoms with van der Waals surface area (Å²) in [6, 6.07) is 4.90. The first-order valence-electron chi connectivity index (χ1n) is 5.38. The Balaban J connectivity index is 2.48. The van der Waals surface area contributed by atoms with Gasteiger partial charge < -0.3 is 15.4 Å². The average Bonchev–Trinajstić information content (AvgIpc) is 2.30. The Hall–Kier alpha value is -2.02. The topological polar surface area (TPSA) is 50.4 Å². The number of amides is 1. The summed E-state index contributed by atoms with van der Waals surface area (Å²) in [6.45, 7) is 4.06. The lowest BCUT2D eigenvalue weighted by atomic mass is 10.3. The molecule has 0 spiro atoms. The van der Waals surface area contributed by atoms with Gasteiger partial charge in [0.25, 0.3) is 0 Å². The molecule has 0 aliphatic carbocycles. The molecule has 0 radical (unpaired) electrons. The molecule has 1 amide bonds. The predicted octanol–water partition coefficient (Wildman–Crippen LogP) is 2.30. The summed E-state index contributed by atoms with van der Waals surface area (Å²) in [5, 5.41) is 5.31. The van der Waals surface area contributed by atoms with E-state index in [4.69, 9.17) is 0 Å². The highest BCUT2D eigenvalue weighted by molar-refractivity contribution is 5.92. The zero-order valence-corrected chi connectivity index (χ0v) is 9.96. The lowest BCUT2D eigenvalue weighted by molar-refractivity contribution is -0.274. The van der Waals surface area contributed by atoms with E-state index in [9.17, 15) is 18.0 Å². The standard InChI is InChI=1S/C12H13F3N2O2/c1-2-7-16-8-11(18)17-9-3-5-10(6-4-9)19-12(13,14)15/h2-6,16H,1,7-8H2,(H,17,18). The second-order valence-electron chi connectivity index (χ2n) is 3.54. The molecule has 1 aromatic carbocycles. The van der Waals surface area contributed by atoms with E-state index in [1.54, 1.807) is 6.08 Å². The van der Waals surface area contributed by atoms with Crippen LogP contribution in [0.25, 0.3) is 0 Å². The largest absolute Gasteiger partial charge is 0.573 e. The van der Waals surface area contributed by atoms with Crippen LogP contribution < -0.4 is 15.4 Å². The van der Waals surface area contributed by atoms with Crippen LogP contribution in [0.5, 0.6) is 5.75 Å². The minimum absolute atomic E-state index is 0.0901. The quantitative estimate of drug-likeness (QED) is 0.618. The molecule has 0 fully saturated rings. The fraction of sp³-hybridized carbons (Fsp3) is 0.250. The maximum absolute atomic E-state index is 11.9. The number of ether oxygens (including phenoxy) is 1. The van der Waals surface area contributed by atoms with Gasteiger partial charge in [-0.3, -0.25) is 4.79 Å². The third kappa shape index (κ3) is 6.46. The van der Waals surface area contributed by atoms with Gasteiger partial charge in [-0.1, -0.05) is 6.08 Å². The van der Waals surface area contributed by atoms with Gasteiger partial charge in [0.05, 0.1) is 6.54 Å². The van der Waals surface area contributed by atoms with E-state index >= 15 is 0 Å². The van der Waals surface area contributed by atoms with Gasteiger partial charge >= 0.3 is 6.36 Å². The number of alkyl halides is 3. The van der Waals surface area contributed by atoms with Crippen LogP contribution in [0.3, 0.4) is 0 Å². The zero-order valence-electron chi connectivity index (χ0n) is 9.96. The number of nitrogens with one attached hydrogen (secondary N) is 2. The third-order valence-electron chi connectivity index (χ3n) is 1.95. The van der Waals surface area contributed by atoms with E-state index in [0.717, 1.165) is 12.1 Å². The molecule has 0 aliphatic heterocycles. The fourth-order valence-corrected chi connectivity index (χ4v) is 1.23. The van der Waals surface area contributed by atoms with Crippen LogP contribution >= 0.6 is 0 Å². The maximum Gasteiger partial charge on any atom is 0.573 e. The molecule has 0 atom stereocenters. The molecule has 0 saturated carbocycles. The summed E-state index contributed by atoms with van der Waals surface area (Å²) in [5.74, 6) is -0.637. The van der Waals surface area contributed by atoms with Crippen LogP contribution in [0.2, 0.25) is 0 Å². The molecular weight excluding hydrogens is 261 g/mol. The molecule has 0 heterocycles. The molecule has 4 nitrogen and oxygen atoms in total. The lowest BCUT2D eigenvalue weighted by Gasteiger charge is -2.10. The number of carbonyl (C=O) groups is 1. The molecule has 19 heavy (non-hydrogen) atoms. The van der Waals surface area contributed by atoms with Crippen molar-refractivity contribution in [3.63, 3.8) is 0 Å². The maximum atomic E-state index is 11.9. The second kappa shape index (κ2) is 6.79. The van der Waals surface area contributed by atoms with Gasteiger partial charge in [-0.15, -0.1) is 19.8 Å². The first-order valence-corrected chi connectivity index (χ1v) is 5.38. The SMILES string of the molecule is C=CCNCC(=O)Nc1ccc(OC(F)(F)F)cc1. The van der Waals surface area contributed by atoms with E-state index in [-0.39, 0.29) is 18.2 Å². The number of rotatable bonds is 6. The first kappa shape index (κ1) is 15.0. The van der Waals surface area contributed by atoms with E-state index in [1.165, 1.54) is 12.1 Å². The number of hydrogen-bond donors (Lipinski definition) is 2. The van der Waals surface area contributed by atoms with E-state index < -0.39 is 6.36 Å². The van der Waals surface area contributed by atoms with Crippen molar-refractivity contribution in [2.45, 2.75) is 6.36 Å². The van der Waals surface area contributed by atoms with Crippen molar-refractivity contribution >= 4 is 11.6 Å². The molecule has 0 saturated heterocycles. The zero-order chi connectivity index (χ0) is 14.3. The lowest BCUT2D eigenvalue weighted by Crippen LogP contribution is -2.28. The highest BCUT2D eigenvalue weighted by atomic mass is 19.4. The number of halogens is 3. The van der Waals surface area contributed by atoms with E-state index in [2.05, 4.69) is 21.9 Å². The normalized spacial score (nSPS) is 10.9. The highest BCUT2D eigenvalue weighted by Gasteiger charge is 2.30. The Bertz CT molecular complexity index is 430. The molecule has 1 aromatic rings. The molecule has 104 valence electrons. The summed E-state index contributed by atoms with van der Waals surface area (Å²) in [4.78, 5) is 11.4. The second-order valence-corrected chi connectivity index (χ2v) is 3.54. The summed E-state index contributed by atoms with van der Waals surface area (Å²) in [7, 11) is 0. The van der Waals surface area contributed by atoms with Crippen LogP contribution in [-0.4, -0.2) is 25.4 Å². The summed E-state index contributed by atoms with van der Waals surface area (Å²) < 4.78 is 39.5. The van der Waals surface area contributed by atoms with Crippen molar-refractivity contribution in [1.29, 1.82) is 0 Å². The smallest absolute Gasteiger partial charge is 0.406 e. The molecular formula is C12H13F3N2O2. The molecule has 0 aromatic heterocycles. The van der Waals surface area contributed by atoms with Crippen LogP contribution in [0.4, 0.5) is 18.9 Å². The molecule has 0 aliphatic rings. The minimum atomic E-state index is -4.72. The van der Waals surface area contributed by atoms with Gasteiger partial charge in [0, 0.05) is 12.2 Å². The van der Waals surface area contributed by atoms with Gasteiger partial charge in [0.2, 0.25) is 5.91 Å². The summed E-state index contributed by atoms with van der Waals surface area (Å²) >= 11 is 0. The Labute approximate surface area is 108 Å². The van der Waals surface area contributed by atoms with Crippen molar-refractivity contribution in [1.82, 2.24) is 5.32 Å². The van der Waals surface area contributed by atoms with Crippen molar-refractivity contribution in [2.24, 2.45) is 0 Å². The van der Waals surface area contributed by atoms with Crippen molar-refractivity contribution < 1.29 is 22.7 Å². The number of benzene rings is 1. The number of anilines is 1. The molecule has 7 heteroatoms. The molecule has 0 bridgehead atoms. The Morgan fingerprint density at radius 1 is 1.32 bits per heavy atom. The highest BCUT2D eigenvalue weighted by Crippen LogP contribution is 2.23. The van der Waals surface area contributed by atoms with Gasteiger partial charge in [-0.25, -0.2) is 0 Å². The van der Waals surface area contributed by atoms with E-state index in [0.29, 0.717) is 12.2 Å². The minimum Gasteiger partial charge on any atom is -0.406 e. The van der Waals surface area contributed by atoms with Crippen LogP contribution in [0.15, 0.2) is 36.9 Å². The van der Waals surface area contributed by atoms with Crippen LogP contribution in [0.1, 0.15) is 0 Å². The van der Waals surface area contributed by atoms with Crippen molar-refractivity contribution in [3.05, 3.63) is 36.9 Å². The molecule has 1 rings (SSSR count). The van der Waals surface area contributed by atoms with Crippen LogP contribution in [-0.2, 0) is 4.79 Å². The Morgan fingerprint density at radius 3 is 2.47 bits per heavy atom. The van der Waals surface area contributed by atoms with E-state index in [1.807, 2.05) is 0 Å². The summed E-state index contributed by atoms with van der Waals surface area (Å²) in [5.41, 5.74) is 0.389. The van der Waals surface area contributed by atoms with Gasteiger partial charge in [0.15, 0.2) is 0 Å². The van der Waals surface area contributed by atoms with Gasteiger partial charge in [0.1, 0.15) is 5.75 Å². The Morgan fingerprint density at radius 2 is 1.95 bits per heavy atom. The predicted molar refractivity (Wildman–Crippen MR) is 64.8 cm³/mol. The summed E-state index contributed by atoms with van der Waals surface area (Å²) in [6.07, 6.45) is -3.12. The number of carbonyl (C=O) groups excluding carboxylic acids is 1. The van der Waals surface area contributed by atoms with Crippen molar-refractivity contribution in [2.75, 3.05) is 18.4 Å². The third-order valence-corrected chi connectivity index (χ3v) is 1.95.